The molecule has 0 aromatic heterocycles. The molecule has 0 amide bonds. The van der Waals surface area contributed by atoms with Crippen molar-refractivity contribution in [3.63, 3.8) is 0 Å². The van der Waals surface area contributed by atoms with Crippen LogP contribution >= 0.6 is 0 Å². The van der Waals surface area contributed by atoms with E-state index in [1.807, 2.05) is 6.08 Å². The highest BCUT2D eigenvalue weighted by molar-refractivity contribution is 6.69. The summed E-state index contributed by atoms with van der Waals surface area (Å²) in [5, 5.41) is 0. The Hall–Kier alpha value is -0.0831. The Bertz CT molecular complexity index is 168. The SMILES string of the molecule is C=CCC(CC(CC)CC)O[Si](C)(C)C. The molecule has 1 atom stereocenters. The van der Waals surface area contributed by atoms with E-state index in [0.29, 0.717) is 6.10 Å². The molecule has 90 valence electrons. The Labute approximate surface area is 97.0 Å². The maximum absolute atomic E-state index is 6.18. The molecule has 0 N–H and O–H groups in total. The van der Waals surface area contributed by atoms with Gasteiger partial charge in [-0.3, -0.25) is 0 Å². The highest BCUT2D eigenvalue weighted by Gasteiger charge is 2.22. The summed E-state index contributed by atoms with van der Waals surface area (Å²) >= 11 is 0. The molecule has 0 spiro atoms. The number of rotatable bonds is 8. The van der Waals surface area contributed by atoms with Crippen LogP contribution < -0.4 is 0 Å². The third-order valence-corrected chi connectivity index (χ3v) is 3.74. The Morgan fingerprint density at radius 2 is 1.73 bits per heavy atom. The molecule has 0 heterocycles. The van der Waals surface area contributed by atoms with Crippen molar-refractivity contribution in [2.45, 2.75) is 65.3 Å². The topological polar surface area (TPSA) is 9.23 Å². The molecule has 0 aliphatic carbocycles. The first-order chi connectivity index (χ1) is 6.92. The second-order valence-electron chi connectivity index (χ2n) is 5.29. The number of hydrogen-bond acceptors (Lipinski definition) is 1. The van der Waals surface area contributed by atoms with Gasteiger partial charge in [0, 0.05) is 6.10 Å². The molecule has 0 fully saturated rings. The van der Waals surface area contributed by atoms with Crippen LogP contribution in [-0.4, -0.2) is 14.4 Å². The van der Waals surface area contributed by atoms with Gasteiger partial charge >= 0.3 is 0 Å². The van der Waals surface area contributed by atoms with Crippen LogP contribution in [0.1, 0.15) is 39.5 Å². The van der Waals surface area contributed by atoms with E-state index in [9.17, 15) is 0 Å². The summed E-state index contributed by atoms with van der Waals surface area (Å²) in [7, 11) is -1.40. The van der Waals surface area contributed by atoms with Crippen LogP contribution in [0, 0.1) is 5.92 Å². The summed E-state index contributed by atoms with van der Waals surface area (Å²) in [6.07, 6.45) is 7.12. The molecule has 0 radical (unpaired) electrons. The van der Waals surface area contributed by atoms with Gasteiger partial charge in [0.05, 0.1) is 0 Å². The summed E-state index contributed by atoms with van der Waals surface area (Å²) in [4.78, 5) is 0. The summed E-state index contributed by atoms with van der Waals surface area (Å²) in [6, 6.07) is 0. The van der Waals surface area contributed by atoms with Crippen molar-refractivity contribution in [2.75, 3.05) is 0 Å². The third-order valence-electron chi connectivity index (χ3n) is 2.70. The van der Waals surface area contributed by atoms with Gasteiger partial charge in [-0.25, -0.2) is 0 Å². The van der Waals surface area contributed by atoms with Crippen molar-refractivity contribution >= 4 is 8.32 Å². The van der Waals surface area contributed by atoms with E-state index in [0.717, 1.165) is 12.3 Å². The first kappa shape index (κ1) is 14.9. The van der Waals surface area contributed by atoms with Crippen molar-refractivity contribution in [3.8, 4) is 0 Å². The lowest BCUT2D eigenvalue weighted by Gasteiger charge is -2.28. The predicted molar refractivity (Wildman–Crippen MR) is 71.7 cm³/mol. The smallest absolute Gasteiger partial charge is 0.184 e. The molecule has 2 heteroatoms. The first-order valence-corrected chi connectivity index (χ1v) is 9.62. The van der Waals surface area contributed by atoms with Crippen molar-refractivity contribution in [1.29, 1.82) is 0 Å². The molecule has 0 aromatic carbocycles. The quantitative estimate of drug-likeness (QED) is 0.435. The normalized spacial score (nSPS) is 14.3. The summed E-state index contributed by atoms with van der Waals surface area (Å²) in [6.45, 7) is 15.1. The van der Waals surface area contributed by atoms with Crippen LogP contribution in [0.3, 0.4) is 0 Å². The zero-order chi connectivity index (χ0) is 11.9. The summed E-state index contributed by atoms with van der Waals surface area (Å²) in [5.41, 5.74) is 0. The van der Waals surface area contributed by atoms with E-state index >= 15 is 0 Å². The number of hydrogen-bond donors (Lipinski definition) is 0. The fourth-order valence-corrected chi connectivity index (χ4v) is 3.06. The zero-order valence-electron chi connectivity index (χ0n) is 11.2. The Balaban J connectivity index is 4.19. The van der Waals surface area contributed by atoms with Gasteiger partial charge in [-0.05, 0) is 38.4 Å². The van der Waals surface area contributed by atoms with E-state index in [2.05, 4.69) is 40.1 Å². The second-order valence-corrected chi connectivity index (χ2v) is 9.76. The monoisotopic (exact) mass is 228 g/mol. The molecule has 0 bridgehead atoms. The van der Waals surface area contributed by atoms with Crippen LogP contribution in [-0.2, 0) is 4.43 Å². The molecule has 0 rings (SSSR count). The van der Waals surface area contributed by atoms with Gasteiger partial charge in [0.25, 0.3) is 0 Å². The van der Waals surface area contributed by atoms with Gasteiger partial charge in [0.15, 0.2) is 8.32 Å². The Kier molecular flexibility index (Phi) is 7.19. The molecule has 0 saturated heterocycles. The highest BCUT2D eigenvalue weighted by Crippen LogP contribution is 2.21. The van der Waals surface area contributed by atoms with Crippen molar-refractivity contribution in [2.24, 2.45) is 5.92 Å². The average molecular weight is 228 g/mol. The molecular formula is C13H28OSi. The van der Waals surface area contributed by atoms with Crippen molar-refractivity contribution < 1.29 is 4.43 Å². The minimum Gasteiger partial charge on any atom is -0.414 e. The highest BCUT2D eigenvalue weighted by atomic mass is 28.4. The van der Waals surface area contributed by atoms with Crippen LogP contribution in [0.25, 0.3) is 0 Å². The van der Waals surface area contributed by atoms with Gasteiger partial charge in [-0.2, -0.15) is 0 Å². The minimum absolute atomic E-state index is 0.402. The predicted octanol–water partition coefficient (Wildman–Crippen LogP) is 4.61. The van der Waals surface area contributed by atoms with Gasteiger partial charge in [0.2, 0.25) is 0 Å². The molecule has 0 saturated carbocycles. The van der Waals surface area contributed by atoms with Gasteiger partial charge in [0.1, 0.15) is 0 Å². The molecule has 1 unspecified atom stereocenters. The lowest BCUT2D eigenvalue weighted by Crippen LogP contribution is -2.32. The second kappa shape index (κ2) is 7.23. The van der Waals surface area contributed by atoms with Crippen LogP contribution in [0.2, 0.25) is 19.6 Å². The molecular weight excluding hydrogens is 200 g/mol. The van der Waals surface area contributed by atoms with E-state index in [-0.39, 0.29) is 0 Å². The Morgan fingerprint density at radius 3 is 2.07 bits per heavy atom. The first-order valence-electron chi connectivity index (χ1n) is 6.21. The summed E-state index contributed by atoms with van der Waals surface area (Å²) < 4.78 is 6.18. The average Bonchev–Trinajstić information content (AvgIpc) is 2.11. The molecule has 15 heavy (non-hydrogen) atoms. The zero-order valence-corrected chi connectivity index (χ0v) is 12.2. The van der Waals surface area contributed by atoms with E-state index in [1.165, 1.54) is 19.3 Å². The van der Waals surface area contributed by atoms with Crippen molar-refractivity contribution in [1.82, 2.24) is 0 Å². The lowest BCUT2D eigenvalue weighted by molar-refractivity contribution is 0.159. The van der Waals surface area contributed by atoms with Gasteiger partial charge in [-0.1, -0.05) is 32.8 Å². The maximum atomic E-state index is 6.18. The van der Waals surface area contributed by atoms with Crippen molar-refractivity contribution in [3.05, 3.63) is 12.7 Å². The third kappa shape index (κ3) is 7.80. The van der Waals surface area contributed by atoms with Crippen LogP contribution in [0.4, 0.5) is 0 Å². The summed E-state index contributed by atoms with van der Waals surface area (Å²) in [5.74, 6) is 0.811. The molecule has 0 aromatic rings. The maximum Gasteiger partial charge on any atom is 0.184 e. The lowest BCUT2D eigenvalue weighted by atomic mass is 9.95. The van der Waals surface area contributed by atoms with E-state index in [4.69, 9.17) is 4.43 Å². The fourth-order valence-electron chi connectivity index (χ4n) is 1.87. The van der Waals surface area contributed by atoms with Gasteiger partial charge < -0.3 is 4.43 Å². The molecule has 0 aliphatic rings. The molecule has 1 nitrogen and oxygen atoms in total. The van der Waals surface area contributed by atoms with Crippen LogP contribution in [0.5, 0.6) is 0 Å². The standard InChI is InChI=1S/C13H28OSi/c1-7-10-13(14-15(4,5)6)11-12(8-2)9-3/h7,12-13H,1,8-11H2,2-6H3. The van der Waals surface area contributed by atoms with E-state index < -0.39 is 8.32 Å². The Morgan fingerprint density at radius 1 is 1.20 bits per heavy atom. The van der Waals surface area contributed by atoms with Crippen LogP contribution in [0.15, 0.2) is 12.7 Å². The molecule has 0 aliphatic heterocycles. The fraction of sp³-hybridized carbons (Fsp3) is 0.846. The largest absolute Gasteiger partial charge is 0.414 e. The minimum atomic E-state index is -1.40. The van der Waals surface area contributed by atoms with Gasteiger partial charge in [-0.15, -0.1) is 6.58 Å². The van der Waals surface area contributed by atoms with E-state index in [1.54, 1.807) is 0 Å².